The molecule has 70 valence electrons. The zero-order chi connectivity index (χ0) is 9.19. The van der Waals surface area contributed by atoms with Crippen LogP contribution in [-0.4, -0.2) is 35.0 Å². The van der Waals surface area contributed by atoms with Gasteiger partial charge in [0.05, 0.1) is 6.10 Å². The second kappa shape index (κ2) is 3.41. The lowest BCUT2D eigenvalue weighted by molar-refractivity contribution is -0.166. The summed E-state index contributed by atoms with van der Waals surface area (Å²) in [7, 11) is 1.54. The Morgan fingerprint density at radius 3 is 2.83 bits per heavy atom. The van der Waals surface area contributed by atoms with Gasteiger partial charge in [-0.3, -0.25) is 0 Å². The first-order valence-electron chi connectivity index (χ1n) is 4.07. The Morgan fingerprint density at radius 1 is 1.67 bits per heavy atom. The first kappa shape index (κ1) is 9.48. The van der Waals surface area contributed by atoms with Crippen molar-refractivity contribution in [2.24, 2.45) is 0 Å². The third kappa shape index (κ3) is 1.76. The van der Waals surface area contributed by atoms with Gasteiger partial charge in [-0.2, -0.15) is 0 Å². The number of aliphatic hydroxyl groups is 1. The van der Waals surface area contributed by atoms with Crippen LogP contribution in [0.5, 0.6) is 0 Å². The quantitative estimate of drug-likeness (QED) is 0.635. The van der Waals surface area contributed by atoms with E-state index in [0.717, 1.165) is 6.42 Å². The molecule has 1 aliphatic rings. The zero-order valence-corrected chi connectivity index (χ0v) is 7.12. The number of hydrogen-bond acceptors (Lipinski definition) is 3. The lowest BCUT2D eigenvalue weighted by Gasteiger charge is -2.32. The molecule has 0 heterocycles. The number of aliphatic carboxylic acids is 1. The van der Waals surface area contributed by atoms with Crippen molar-refractivity contribution in [2.45, 2.75) is 37.4 Å². The van der Waals surface area contributed by atoms with Crippen molar-refractivity contribution >= 4 is 5.97 Å². The fourth-order valence-electron chi connectivity index (χ4n) is 1.60. The molecule has 2 N–H and O–H groups in total. The molecule has 0 aromatic carbocycles. The van der Waals surface area contributed by atoms with Crippen molar-refractivity contribution in [3.8, 4) is 0 Å². The number of methoxy groups -OCH3 is 1. The molecule has 1 rings (SSSR count). The summed E-state index contributed by atoms with van der Waals surface area (Å²) < 4.78 is 5.01. The third-order valence-corrected chi connectivity index (χ3v) is 2.41. The van der Waals surface area contributed by atoms with Crippen LogP contribution in [0.3, 0.4) is 0 Å². The molecule has 0 amide bonds. The van der Waals surface area contributed by atoms with Gasteiger partial charge in [0.2, 0.25) is 0 Å². The molecule has 2 unspecified atom stereocenters. The van der Waals surface area contributed by atoms with Crippen LogP contribution < -0.4 is 0 Å². The number of carbonyl (C=O) groups is 1. The lowest BCUT2D eigenvalue weighted by Crippen LogP contribution is -2.45. The number of ether oxygens (including phenoxy) is 1. The van der Waals surface area contributed by atoms with Gasteiger partial charge < -0.3 is 14.9 Å². The van der Waals surface area contributed by atoms with E-state index in [4.69, 9.17) is 9.84 Å². The van der Waals surface area contributed by atoms with Gasteiger partial charge >= 0.3 is 5.97 Å². The van der Waals surface area contributed by atoms with E-state index in [1.165, 1.54) is 7.11 Å². The van der Waals surface area contributed by atoms with Crippen molar-refractivity contribution in [3.05, 3.63) is 0 Å². The maximum absolute atomic E-state index is 10.6. The van der Waals surface area contributed by atoms with Crippen LogP contribution in [0.4, 0.5) is 0 Å². The van der Waals surface area contributed by atoms with Gasteiger partial charge in [0, 0.05) is 13.5 Å². The molecule has 1 fully saturated rings. The molecule has 0 aromatic rings. The van der Waals surface area contributed by atoms with Crippen molar-refractivity contribution in [3.63, 3.8) is 0 Å². The highest BCUT2D eigenvalue weighted by Crippen LogP contribution is 2.29. The highest BCUT2D eigenvalue weighted by molar-refractivity contribution is 5.77. The Bertz CT molecular complexity index is 180. The summed E-state index contributed by atoms with van der Waals surface area (Å²) in [6.07, 6.45) is 1.98. The first-order valence-corrected chi connectivity index (χ1v) is 4.07. The van der Waals surface area contributed by atoms with Crippen LogP contribution in [-0.2, 0) is 9.53 Å². The monoisotopic (exact) mass is 174 g/mol. The van der Waals surface area contributed by atoms with Crippen molar-refractivity contribution < 1.29 is 19.7 Å². The average Bonchev–Trinajstić information content (AvgIpc) is 2.04. The molecule has 0 saturated heterocycles. The van der Waals surface area contributed by atoms with E-state index in [-0.39, 0.29) is 12.5 Å². The fourth-order valence-corrected chi connectivity index (χ4v) is 1.60. The predicted molar refractivity (Wildman–Crippen MR) is 41.9 cm³/mol. The fraction of sp³-hybridized carbons (Fsp3) is 0.875. The van der Waals surface area contributed by atoms with Crippen LogP contribution in [0.1, 0.15) is 25.7 Å². The SMILES string of the molecule is COC1CCCC(O)(C(=O)O)C1. The second-order valence-corrected chi connectivity index (χ2v) is 3.29. The highest BCUT2D eigenvalue weighted by atomic mass is 16.5. The first-order chi connectivity index (χ1) is 5.58. The topological polar surface area (TPSA) is 66.8 Å². The van der Waals surface area contributed by atoms with Gasteiger partial charge in [0.15, 0.2) is 5.60 Å². The van der Waals surface area contributed by atoms with Gasteiger partial charge in [0.25, 0.3) is 0 Å². The minimum absolute atomic E-state index is 0.111. The van der Waals surface area contributed by atoms with E-state index >= 15 is 0 Å². The normalized spacial score (nSPS) is 36.3. The molecular weight excluding hydrogens is 160 g/mol. The summed E-state index contributed by atoms with van der Waals surface area (Å²) in [5.74, 6) is -1.13. The predicted octanol–water partition coefficient (Wildman–Crippen LogP) is 0.391. The van der Waals surface area contributed by atoms with Crippen molar-refractivity contribution in [1.29, 1.82) is 0 Å². The molecule has 0 bridgehead atoms. The molecule has 1 saturated carbocycles. The second-order valence-electron chi connectivity index (χ2n) is 3.29. The third-order valence-electron chi connectivity index (χ3n) is 2.41. The van der Waals surface area contributed by atoms with E-state index in [0.29, 0.717) is 12.8 Å². The summed E-state index contributed by atoms with van der Waals surface area (Å²) in [6.45, 7) is 0. The average molecular weight is 174 g/mol. The van der Waals surface area contributed by atoms with Gasteiger partial charge in [-0.25, -0.2) is 4.79 Å². The minimum Gasteiger partial charge on any atom is -0.479 e. The Balaban J connectivity index is 2.61. The Labute approximate surface area is 71.2 Å². The van der Waals surface area contributed by atoms with E-state index in [1.807, 2.05) is 0 Å². The minimum atomic E-state index is -1.56. The lowest BCUT2D eigenvalue weighted by atomic mass is 9.83. The standard InChI is InChI=1S/C8H14O4/c1-12-6-3-2-4-8(11,5-6)7(9)10/h6,11H,2-5H2,1H3,(H,9,10). The molecule has 2 atom stereocenters. The summed E-state index contributed by atoms with van der Waals surface area (Å²) >= 11 is 0. The number of carboxylic acid groups (broad SMARTS) is 1. The van der Waals surface area contributed by atoms with Crippen LogP contribution in [0.2, 0.25) is 0 Å². The largest absolute Gasteiger partial charge is 0.479 e. The van der Waals surface area contributed by atoms with Crippen molar-refractivity contribution in [1.82, 2.24) is 0 Å². The molecule has 0 aromatic heterocycles. The van der Waals surface area contributed by atoms with Crippen LogP contribution in [0.15, 0.2) is 0 Å². The van der Waals surface area contributed by atoms with Crippen LogP contribution in [0.25, 0.3) is 0 Å². The Kier molecular flexibility index (Phi) is 2.69. The van der Waals surface area contributed by atoms with Crippen LogP contribution >= 0.6 is 0 Å². The molecule has 4 nitrogen and oxygen atoms in total. The molecule has 12 heavy (non-hydrogen) atoms. The molecular formula is C8H14O4. The molecule has 1 aliphatic carbocycles. The maximum atomic E-state index is 10.6. The van der Waals surface area contributed by atoms with Crippen molar-refractivity contribution in [2.75, 3.05) is 7.11 Å². The van der Waals surface area contributed by atoms with Gasteiger partial charge in [0.1, 0.15) is 0 Å². The Morgan fingerprint density at radius 2 is 2.33 bits per heavy atom. The van der Waals surface area contributed by atoms with E-state index < -0.39 is 11.6 Å². The molecule has 0 spiro atoms. The van der Waals surface area contributed by atoms with Gasteiger partial charge in [-0.1, -0.05) is 0 Å². The summed E-state index contributed by atoms with van der Waals surface area (Å²) in [6, 6.07) is 0. The van der Waals surface area contributed by atoms with E-state index in [2.05, 4.69) is 0 Å². The zero-order valence-electron chi connectivity index (χ0n) is 7.12. The smallest absolute Gasteiger partial charge is 0.335 e. The number of hydrogen-bond donors (Lipinski definition) is 2. The van der Waals surface area contributed by atoms with E-state index in [1.54, 1.807) is 0 Å². The summed E-state index contributed by atoms with van der Waals surface area (Å²) in [4.78, 5) is 10.6. The molecule has 0 radical (unpaired) electrons. The Hall–Kier alpha value is -0.610. The highest BCUT2D eigenvalue weighted by Gasteiger charge is 2.41. The van der Waals surface area contributed by atoms with Gasteiger partial charge in [-0.05, 0) is 19.3 Å². The number of rotatable bonds is 2. The summed E-state index contributed by atoms with van der Waals surface area (Å²) in [5, 5.41) is 18.3. The van der Waals surface area contributed by atoms with E-state index in [9.17, 15) is 9.90 Å². The summed E-state index contributed by atoms with van der Waals surface area (Å²) in [5.41, 5.74) is -1.56. The molecule has 4 heteroatoms. The van der Waals surface area contributed by atoms with Gasteiger partial charge in [-0.15, -0.1) is 0 Å². The van der Waals surface area contributed by atoms with Crippen LogP contribution in [0, 0.1) is 0 Å². The number of carboxylic acids is 1. The molecule has 0 aliphatic heterocycles. The maximum Gasteiger partial charge on any atom is 0.335 e.